The number of hydrogen-bond acceptors (Lipinski definition) is 4. The first kappa shape index (κ1) is 8.43. The van der Waals surface area contributed by atoms with Crippen molar-refractivity contribution in [2.24, 2.45) is 0 Å². The summed E-state index contributed by atoms with van der Waals surface area (Å²) in [4.78, 5) is 12.5. The lowest BCUT2D eigenvalue weighted by molar-refractivity contribution is 0.936. The van der Waals surface area contributed by atoms with Crippen LogP contribution in [0.5, 0.6) is 0 Å². The first-order valence-electron chi connectivity index (χ1n) is 3.74. The van der Waals surface area contributed by atoms with Gasteiger partial charge in [-0.1, -0.05) is 0 Å². The van der Waals surface area contributed by atoms with Gasteiger partial charge >= 0.3 is 0 Å². The smallest absolute Gasteiger partial charge is 0.198 e. The minimum Gasteiger partial charge on any atom is -0.336 e. The number of nitrogens with two attached hydrogens (primary N) is 1. The first-order valence-corrected chi connectivity index (χ1v) is 4.53. The van der Waals surface area contributed by atoms with E-state index in [1.807, 2.05) is 13.8 Å². The monoisotopic (exact) mass is 241 g/mol. The Kier molecular flexibility index (Phi) is 1.73. The number of aromatic nitrogens is 4. The summed E-state index contributed by atoms with van der Waals surface area (Å²) in [6.07, 6.45) is 0. The van der Waals surface area contributed by atoms with Gasteiger partial charge in [0.2, 0.25) is 0 Å². The second kappa shape index (κ2) is 2.66. The number of imidazole rings is 1. The van der Waals surface area contributed by atoms with Crippen LogP contribution in [0.25, 0.3) is 11.2 Å². The molecule has 0 unspecified atom stereocenters. The zero-order valence-electron chi connectivity index (χ0n) is 7.24. The lowest BCUT2D eigenvalue weighted by atomic mass is 10.4. The Hall–Kier alpha value is -1.17. The maximum absolute atomic E-state index is 5.72. The van der Waals surface area contributed by atoms with Crippen LogP contribution in [0.3, 0.4) is 0 Å². The number of aryl methyl sites for hydroxylation is 2. The molecular formula is C7H8BrN5. The van der Waals surface area contributed by atoms with Crippen molar-refractivity contribution < 1.29 is 0 Å². The van der Waals surface area contributed by atoms with Crippen molar-refractivity contribution in [3.63, 3.8) is 0 Å². The molecule has 0 aromatic carbocycles. The van der Waals surface area contributed by atoms with Crippen LogP contribution in [0.4, 0.5) is 0 Å². The summed E-state index contributed by atoms with van der Waals surface area (Å²) in [7, 11) is 0. The van der Waals surface area contributed by atoms with E-state index in [0.717, 1.165) is 17.0 Å². The number of halogens is 1. The Morgan fingerprint density at radius 3 is 2.62 bits per heavy atom. The summed E-state index contributed by atoms with van der Waals surface area (Å²) in [5, 5.41) is 0. The molecule has 2 rings (SSSR count). The van der Waals surface area contributed by atoms with Crippen molar-refractivity contribution in [2.45, 2.75) is 13.8 Å². The zero-order chi connectivity index (χ0) is 9.59. The van der Waals surface area contributed by atoms with E-state index < -0.39 is 0 Å². The van der Waals surface area contributed by atoms with Crippen molar-refractivity contribution in [1.29, 1.82) is 0 Å². The van der Waals surface area contributed by atoms with Crippen molar-refractivity contribution in [2.75, 3.05) is 5.84 Å². The molecule has 0 atom stereocenters. The van der Waals surface area contributed by atoms with Crippen LogP contribution < -0.4 is 5.84 Å². The Morgan fingerprint density at radius 1 is 1.23 bits per heavy atom. The van der Waals surface area contributed by atoms with E-state index in [-0.39, 0.29) is 0 Å². The van der Waals surface area contributed by atoms with Gasteiger partial charge in [0.05, 0.1) is 5.69 Å². The van der Waals surface area contributed by atoms with Gasteiger partial charge in [0.25, 0.3) is 0 Å². The number of nitrogens with zero attached hydrogens (tertiary/aromatic N) is 4. The normalized spacial score (nSPS) is 11.0. The van der Waals surface area contributed by atoms with Crippen molar-refractivity contribution >= 4 is 27.1 Å². The average molecular weight is 242 g/mol. The molecule has 13 heavy (non-hydrogen) atoms. The second-order valence-corrected chi connectivity index (χ2v) is 3.49. The fourth-order valence-corrected chi connectivity index (χ4v) is 1.62. The number of nitrogen functional groups attached to an aromatic ring is 1. The summed E-state index contributed by atoms with van der Waals surface area (Å²) in [5.74, 6) is 6.45. The zero-order valence-corrected chi connectivity index (χ0v) is 8.83. The molecule has 2 N–H and O–H groups in total. The average Bonchev–Trinajstić information content (AvgIpc) is 2.32. The van der Waals surface area contributed by atoms with E-state index in [0.29, 0.717) is 10.4 Å². The molecule has 0 aliphatic heterocycles. The SMILES string of the molecule is Cc1nc(Br)nc2c1nc(C)n2N. The van der Waals surface area contributed by atoms with Crippen LogP contribution in [0.1, 0.15) is 11.5 Å². The van der Waals surface area contributed by atoms with Gasteiger partial charge in [-0.05, 0) is 29.8 Å². The van der Waals surface area contributed by atoms with Crippen LogP contribution in [0, 0.1) is 13.8 Å². The predicted octanol–water partition coefficient (Wildman–Crippen LogP) is 0.919. The van der Waals surface area contributed by atoms with Gasteiger partial charge in [0, 0.05) is 0 Å². The molecule has 6 heteroatoms. The first-order chi connectivity index (χ1) is 6.09. The molecule has 68 valence electrons. The molecule has 5 nitrogen and oxygen atoms in total. The maximum atomic E-state index is 5.72. The van der Waals surface area contributed by atoms with Gasteiger partial charge in [-0.15, -0.1) is 0 Å². The number of hydrogen-bond donors (Lipinski definition) is 1. The van der Waals surface area contributed by atoms with Crippen molar-refractivity contribution in [1.82, 2.24) is 19.6 Å². The molecule has 0 aliphatic carbocycles. The minimum absolute atomic E-state index is 0.532. The van der Waals surface area contributed by atoms with Crippen LogP contribution in [-0.4, -0.2) is 19.6 Å². The Bertz CT molecular complexity index is 475. The van der Waals surface area contributed by atoms with E-state index >= 15 is 0 Å². The van der Waals surface area contributed by atoms with E-state index in [9.17, 15) is 0 Å². The molecule has 0 bridgehead atoms. The third-order valence-electron chi connectivity index (χ3n) is 1.86. The topological polar surface area (TPSA) is 69.6 Å². The van der Waals surface area contributed by atoms with E-state index in [2.05, 4.69) is 30.9 Å². The highest BCUT2D eigenvalue weighted by molar-refractivity contribution is 9.10. The standard InChI is InChI=1S/C7H8BrN5/c1-3-5-6(12-7(8)10-3)13(9)4(2)11-5/h9H2,1-2H3. The molecule has 0 aliphatic rings. The van der Waals surface area contributed by atoms with Gasteiger partial charge in [-0.3, -0.25) is 0 Å². The van der Waals surface area contributed by atoms with E-state index in [4.69, 9.17) is 5.84 Å². The minimum atomic E-state index is 0.532. The molecule has 0 amide bonds. The summed E-state index contributed by atoms with van der Waals surface area (Å²) < 4.78 is 1.98. The highest BCUT2D eigenvalue weighted by Crippen LogP contribution is 2.16. The van der Waals surface area contributed by atoms with Crippen LogP contribution >= 0.6 is 15.9 Å². The van der Waals surface area contributed by atoms with Gasteiger partial charge in [-0.2, -0.15) is 0 Å². The lowest BCUT2D eigenvalue weighted by Crippen LogP contribution is -2.10. The Morgan fingerprint density at radius 2 is 1.92 bits per heavy atom. The van der Waals surface area contributed by atoms with Gasteiger partial charge in [0.15, 0.2) is 10.4 Å². The van der Waals surface area contributed by atoms with Crippen molar-refractivity contribution in [3.8, 4) is 0 Å². The Balaban J connectivity index is 2.94. The highest BCUT2D eigenvalue weighted by atomic mass is 79.9. The van der Waals surface area contributed by atoms with E-state index in [1.165, 1.54) is 4.68 Å². The quantitative estimate of drug-likeness (QED) is 0.550. The molecule has 0 spiro atoms. The highest BCUT2D eigenvalue weighted by Gasteiger charge is 2.10. The summed E-state index contributed by atoms with van der Waals surface area (Å²) in [5.41, 5.74) is 2.23. The van der Waals surface area contributed by atoms with Gasteiger partial charge < -0.3 is 5.84 Å². The predicted molar refractivity (Wildman–Crippen MR) is 52.6 cm³/mol. The van der Waals surface area contributed by atoms with Gasteiger partial charge in [-0.25, -0.2) is 19.6 Å². The fourth-order valence-electron chi connectivity index (χ4n) is 1.19. The molecule has 0 fully saturated rings. The molecule has 2 aromatic rings. The molecule has 0 radical (unpaired) electrons. The van der Waals surface area contributed by atoms with Crippen LogP contribution in [0.15, 0.2) is 4.73 Å². The lowest BCUT2D eigenvalue weighted by Gasteiger charge is -1.97. The largest absolute Gasteiger partial charge is 0.336 e. The van der Waals surface area contributed by atoms with Crippen LogP contribution in [0.2, 0.25) is 0 Å². The molecule has 0 saturated carbocycles. The van der Waals surface area contributed by atoms with E-state index in [1.54, 1.807) is 0 Å². The number of rotatable bonds is 0. The summed E-state index contributed by atoms with van der Waals surface area (Å²) in [6, 6.07) is 0. The summed E-state index contributed by atoms with van der Waals surface area (Å²) in [6.45, 7) is 3.70. The molecule has 0 saturated heterocycles. The third-order valence-corrected chi connectivity index (χ3v) is 2.22. The van der Waals surface area contributed by atoms with Crippen molar-refractivity contribution in [3.05, 3.63) is 16.3 Å². The third kappa shape index (κ3) is 1.17. The number of fused-ring (bicyclic) bond motifs is 1. The fraction of sp³-hybridized carbons (Fsp3) is 0.286. The Labute approximate surface area is 83.1 Å². The summed E-state index contributed by atoms with van der Waals surface area (Å²) >= 11 is 3.21. The molecule has 2 heterocycles. The molecular weight excluding hydrogens is 234 g/mol. The van der Waals surface area contributed by atoms with Crippen LogP contribution in [-0.2, 0) is 0 Å². The maximum Gasteiger partial charge on any atom is 0.198 e. The second-order valence-electron chi connectivity index (χ2n) is 2.78. The van der Waals surface area contributed by atoms with Gasteiger partial charge in [0.1, 0.15) is 11.3 Å². The molecule has 2 aromatic heterocycles.